The molecule has 24 heavy (non-hydrogen) atoms. The third-order valence-corrected chi connectivity index (χ3v) is 6.13. The molecular weight excluding hydrogens is 345 g/mol. The summed E-state index contributed by atoms with van der Waals surface area (Å²) in [6.07, 6.45) is 5.19. The highest BCUT2D eigenvalue weighted by Gasteiger charge is 2.34. The first-order valence-electron chi connectivity index (χ1n) is 9.35. The van der Waals surface area contributed by atoms with Crippen LogP contribution >= 0.6 is 24.8 Å². The van der Waals surface area contributed by atoms with E-state index in [1.807, 2.05) is 0 Å². The molecular formula is C18H35Cl2N3O. The van der Waals surface area contributed by atoms with Crippen molar-refractivity contribution >= 4 is 30.7 Å². The van der Waals surface area contributed by atoms with Gasteiger partial charge in [0.15, 0.2) is 0 Å². The first kappa shape index (κ1) is 22.0. The highest BCUT2D eigenvalue weighted by Crippen LogP contribution is 2.25. The average Bonchev–Trinajstić information content (AvgIpc) is 2.47. The maximum Gasteiger partial charge on any atom is 0.225 e. The fourth-order valence-electron chi connectivity index (χ4n) is 4.18. The van der Waals surface area contributed by atoms with Crippen LogP contribution in [-0.4, -0.2) is 61.5 Å². The molecule has 3 aliphatic heterocycles. The minimum absolute atomic E-state index is 0. The quantitative estimate of drug-likeness (QED) is 0.815. The fraction of sp³-hybridized carbons (Fsp3) is 0.944. The molecule has 3 heterocycles. The van der Waals surface area contributed by atoms with E-state index in [4.69, 9.17) is 0 Å². The lowest BCUT2D eigenvalue weighted by molar-refractivity contribution is -0.139. The van der Waals surface area contributed by atoms with Gasteiger partial charge in [-0.15, -0.1) is 24.8 Å². The first-order valence-corrected chi connectivity index (χ1v) is 9.35. The highest BCUT2D eigenvalue weighted by atomic mass is 35.5. The van der Waals surface area contributed by atoms with Gasteiger partial charge in [-0.05, 0) is 69.6 Å². The van der Waals surface area contributed by atoms with Gasteiger partial charge in [0.1, 0.15) is 0 Å². The summed E-state index contributed by atoms with van der Waals surface area (Å²) >= 11 is 0. The van der Waals surface area contributed by atoms with Gasteiger partial charge in [0.25, 0.3) is 0 Å². The van der Waals surface area contributed by atoms with Crippen molar-refractivity contribution in [2.75, 3.05) is 45.8 Å². The number of likely N-dealkylation sites (tertiary alicyclic amines) is 2. The predicted molar refractivity (Wildman–Crippen MR) is 104 cm³/mol. The van der Waals surface area contributed by atoms with E-state index >= 15 is 0 Å². The molecule has 3 aliphatic rings. The molecule has 0 aliphatic carbocycles. The van der Waals surface area contributed by atoms with Crippen LogP contribution in [0.3, 0.4) is 0 Å². The van der Waals surface area contributed by atoms with Gasteiger partial charge >= 0.3 is 0 Å². The molecule has 0 aromatic rings. The minimum Gasteiger partial charge on any atom is -0.342 e. The van der Waals surface area contributed by atoms with Crippen LogP contribution in [0.25, 0.3) is 0 Å². The second kappa shape index (κ2) is 10.2. The topological polar surface area (TPSA) is 35.6 Å². The van der Waals surface area contributed by atoms with E-state index in [9.17, 15) is 4.79 Å². The van der Waals surface area contributed by atoms with Crippen LogP contribution in [0.15, 0.2) is 0 Å². The Labute approximate surface area is 159 Å². The highest BCUT2D eigenvalue weighted by molar-refractivity contribution is 5.85. The number of carbonyl (C=O) groups is 1. The molecule has 1 N–H and O–H groups in total. The standard InChI is InChI=1S/C18H33N3O.2ClH/c1-14-5-8-20(9-6-14)12-16-4-3-7-21(13-16)18(22)15(2)17-10-19-11-17;;/h14-17,19H,3-13H2,1-2H3;2*1H. The third kappa shape index (κ3) is 5.48. The number of nitrogens with zero attached hydrogens (tertiary/aromatic N) is 2. The van der Waals surface area contributed by atoms with Gasteiger partial charge in [-0.2, -0.15) is 0 Å². The summed E-state index contributed by atoms with van der Waals surface area (Å²) in [5, 5.41) is 3.29. The molecule has 3 saturated heterocycles. The smallest absolute Gasteiger partial charge is 0.225 e. The lowest BCUT2D eigenvalue weighted by Crippen LogP contribution is -2.52. The molecule has 0 aromatic heterocycles. The molecule has 142 valence electrons. The first-order chi connectivity index (χ1) is 10.6. The molecule has 0 radical (unpaired) electrons. The van der Waals surface area contributed by atoms with Crippen LogP contribution in [0.4, 0.5) is 0 Å². The zero-order valence-corrected chi connectivity index (χ0v) is 16.8. The summed E-state index contributed by atoms with van der Waals surface area (Å²) in [6, 6.07) is 0. The van der Waals surface area contributed by atoms with Crippen molar-refractivity contribution in [2.24, 2.45) is 23.7 Å². The molecule has 3 rings (SSSR count). The Bertz CT molecular complexity index is 384. The van der Waals surface area contributed by atoms with Gasteiger partial charge in [-0.25, -0.2) is 0 Å². The van der Waals surface area contributed by atoms with E-state index in [2.05, 4.69) is 29.0 Å². The molecule has 0 aromatic carbocycles. The van der Waals surface area contributed by atoms with Crippen LogP contribution in [0.2, 0.25) is 0 Å². The van der Waals surface area contributed by atoms with Gasteiger partial charge < -0.3 is 15.1 Å². The van der Waals surface area contributed by atoms with E-state index in [1.54, 1.807) is 0 Å². The normalized spacial score (nSPS) is 27.6. The zero-order chi connectivity index (χ0) is 15.5. The van der Waals surface area contributed by atoms with E-state index in [-0.39, 0.29) is 30.7 Å². The van der Waals surface area contributed by atoms with Crippen molar-refractivity contribution in [3.63, 3.8) is 0 Å². The number of halogens is 2. The van der Waals surface area contributed by atoms with Gasteiger partial charge in [-0.3, -0.25) is 4.79 Å². The lowest BCUT2D eigenvalue weighted by atomic mass is 9.86. The Balaban J connectivity index is 0.00000144. The number of nitrogens with one attached hydrogen (secondary N) is 1. The number of carbonyl (C=O) groups excluding carboxylic acids is 1. The number of piperidine rings is 2. The summed E-state index contributed by atoms with van der Waals surface area (Å²) in [4.78, 5) is 17.5. The summed E-state index contributed by atoms with van der Waals surface area (Å²) in [7, 11) is 0. The van der Waals surface area contributed by atoms with Crippen LogP contribution in [-0.2, 0) is 4.79 Å². The van der Waals surface area contributed by atoms with Gasteiger partial charge in [-0.1, -0.05) is 13.8 Å². The Morgan fingerprint density at radius 2 is 1.79 bits per heavy atom. The van der Waals surface area contributed by atoms with Crippen LogP contribution in [0.1, 0.15) is 39.5 Å². The largest absolute Gasteiger partial charge is 0.342 e. The number of hydrogen-bond donors (Lipinski definition) is 1. The maximum absolute atomic E-state index is 12.7. The summed E-state index contributed by atoms with van der Waals surface area (Å²) in [5.74, 6) is 2.77. The second-order valence-corrected chi connectivity index (χ2v) is 7.98. The number of hydrogen-bond acceptors (Lipinski definition) is 3. The monoisotopic (exact) mass is 379 g/mol. The van der Waals surface area contributed by atoms with Crippen molar-refractivity contribution in [3.8, 4) is 0 Å². The van der Waals surface area contributed by atoms with Crippen molar-refractivity contribution in [2.45, 2.75) is 39.5 Å². The fourth-order valence-corrected chi connectivity index (χ4v) is 4.18. The molecule has 6 heteroatoms. The molecule has 1 amide bonds. The molecule has 2 atom stereocenters. The Morgan fingerprint density at radius 1 is 1.12 bits per heavy atom. The van der Waals surface area contributed by atoms with Gasteiger partial charge in [0.2, 0.25) is 5.91 Å². The number of amides is 1. The van der Waals surface area contributed by atoms with E-state index in [0.29, 0.717) is 17.7 Å². The second-order valence-electron chi connectivity index (χ2n) is 7.98. The van der Waals surface area contributed by atoms with Crippen molar-refractivity contribution in [1.82, 2.24) is 15.1 Å². The van der Waals surface area contributed by atoms with Crippen LogP contribution in [0, 0.1) is 23.7 Å². The Kier molecular flexibility index (Phi) is 9.35. The predicted octanol–water partition coefficient (Wildman–Crippen LogP) is 2.66. The summed E-state index contributed by atoms with van der Waals surface area (Å²) in [5.41, 5.74) is 0. The Hall–Kier alpha value is -0.0300. The van der Waals surface area contributed by atoms with Crippen LogP contribution in [0.5, 0.6) is 0 Å². The molecule has 0 saturated carbocycles. The van der Waals surface area contributed by atoms with Crippen molar-refractivity contribution in [3.05, 3.63) is 0 Å². The summed E-state index contributed by atoms with van der Waals surface area (Å²) in [6.45, 7) is 12.2. The zero-order valence-electron chi connectivity index (χ0n) is 15.2. The molecule has 3 fully saturated rings. The SMILES string of the molecule is CC1CCN(CC2CCCN(C(=O)C(C)C3CNC3)C2)CC1.Cl.Cl. The molecule has 0 bridgehead atoms. The molecule has 2 unspecified atom stereocenters. The third-order valence-electron chi connectivity index (χ3n) is 6.13. The minimum atomic E-state index is 0. The lowest BCUT2D eigenvalue weighted by Gasteiger charge is -2.40. The summed E-state index contributed by atoms with van der Waals surface area (Å²) < 4.78 is 0. The van der Waals surface area contributed by atoms with Gasteiger partial charge in [0.05, 0.1) is 0 Å². The average molecular weight is 380 g/mol. The van der Waals surface area contributed by atoms with Crippen molar-refractivity contribution < 1.29 is 4.79 Å². The molecule has 4 nitrogen and oxygen atoms in total. The Morgan fingerprint density at radius 3 is 2.38 bits per heavy atom. The van der Waals surface area contributed by atoms with E-state index in [0.717, 1.165) is 32.1 Å². The number of rotatable bonds is 4. The molecule has 0 spiro atoms. The van der Waals surface area contributed by atoms with Gasteiger partial charge in [0, 0.05) is 25.6 Å². The van der Waals surface area contributed by atoms with Crippen LogP contribution < -0.4 is 5.32 Å². The van der Waals surface area contributed by atoms with E-state index < -0.39 is 0 Å². The maximum atomic E-state index is 12.7. The van der Waals surface area contributed by atoms with E-state index in [1.165, 1.54) is 45.3 Å². The van der Waals surface area contributed by atoms with Crippen molar-refractivity contribution in [1.29, 1.82) is 0 Å².